The molecule has 1 saturated heterocycles. The molecule has 26 heavy (non-hydrogen) atoms. The molecule has 0 saturated carbocycles. The number of carbonyl (C=O) groups excluding carboxylic acids is 1. The molecule has 138 valence electrons. The molecule has 1 aromatic rings. The van der Waals surface area contributed by atoms with E-state index in [2.05, 4.69) is 53.3 Å². The first-order valence-electron chi connectivity index (χ1n) is 10.1. The quantitative estimate of drug-likeness (QED) is 0.824. The number of piperazine rings is 1. The molecule has 3 aliphatic rings. The van der Waals surface area contributed by atoms with Crippen LogP contribution in [0, 0.1) is 5.92 Å². The first-order chi connectivity index (χ1) is 12.7. The minimum absolute atomic E-state index is 0.285. The predicted octanol–water partition coefficient (Wildman–Crippen LogP) is 3.82. The summed E-state index contributed by atoms with van der Waals surface area (Å²) < 4.78 is 0. The van der Waals surface area contributed by atoms with E-state index in [0.717, 1.165) is 44.1 Å². The Morgan fingerprint density at radius 3 is 2.65 bits per heavy atom. The summed E-state index contributed by atoms with van der Waals surface area (Å²) in [5.74, 6) is 1.05. The van der Waals surface area contributed by atoms with Crippen molar-refractivity contribution in [3.8, 4) is 0 Å². The lowest BCUT2D eigenvalue weighted by atomic mass is 9.82. The SMILES string of the molecule is CN1CCN(C(=O)C2=CC3=C(CCC(CCc4ccccc4)C3)C2)CC1. The summed E-state index contributed by atoms with van der Waals surface area (Å²) in [5.41, 5.74) is 5.51. The van der Waals surface area contributed by atoms with E-state index in [0.29, 0.717) is 0 Å². The Morgan fingerprint density at radius 1 is 1.12 bits per heavy atom. The molecule has 1 unspecified atom stereocenters. The first-order valence-corrected chi connectivity index (χ1v) is 10.1. The number of rotatable bonds is 4. The Morgan fingerprint density at radius 2 is 1.88 bits per heavy atom. The zero-order valence-electron chi connectivity index (χ0n) is 15.9. The summed E-state index contributed by atoms with van der Waals surface area (Å²) >= 11 is 0. The Kier molecular flexibility index (Phi) is 5.26. The smallest absolute Gasteiger partial charge is 0.250 e. The summed E-state index contributed by atoms with van der Waals surface area (Å²) in [6.07, 6.45) is 9.22. The number of benzene rings is 1. The van der Waals surface area contributed by atoms with Gasteiger partial charge in [-0.2, -0.15) is 0 Å². The number of likely N-dealkylation sites (N-methyl/N-ethyl adjacent to an activating group) is 1. The van der Waals surface area contributed by atoms with Gasteiger partial charge in [-0.25, -0.2) is 0 Å². The van der Waals surface area contributed by atoms with Crippen molar-refractivity contribution in [2.24, 2.45) is 5.92 Å². The topological polar surface area (TPSA) is 23.6 Å². The fourth-order valence-electron chi connectivity index (χ4n) is 4.56. The van der Waals surface area contributed by atoms with Crippen molar-refractivity contribution in [2.75, 3.05) is 33.2 Å². The maximum Gasteiger partial charge on any atom is 0.250 e. The second-order valence-electron chi connectivity index (χ2n) is 8.20. The maximum absolute atomic E-state index is 12.9. The molecule has 4 rings (SSSR count). The Balaban J connectivity index is 1.33. The minimum atomic E-state index is 0.285. The van der Waals surface area contributed by atoms with Crippen LogP contribution in [0.25, 0.3) is 0 Å². The summed E-state index contributed by atoms with van der Waals surface area (Å²) in [4.78, 5) is 17.2. The third-order valence-corrected chi connectivity index (χ3v) is 6.32. The normalized spacial score (nSPS) is 23.8. The van der Waals surface area contributed by atoms with Gasteiger partial charge in [-0.3, -0.25) is 4.79 Å². The van der Waals surface area contributed by atoms with Gasteiger partial charge < -0.3 is 9.80 Å². The van der Waals surface area contributed by atoms with Crippen molar-refractivity contribution >= 4 is 5.91 Å². The van der Waals surface area contributed by atoms with E-state index in [-0.39, 0.29) is 5.91 Å². The Hall–Kier alpha value is -1.87. The predicted molar refractivity (Wildman–Crippen MR) is 106 cm³/mol. The van der Waals surface area contributed by atoms with Crippen molar-refractivity contribution in [1.29, 1.82) is 0 Å². The van der Waals surface area contributed by atoms with E-state index in [9.17, 15) is 4.79 Å². The zero-order valence-corrected chi connectivity index (χ0v) is 15.9. The van der Waals surface area contributed by atoms with Crippen molar-refractivity contribution < 1.29 is 4.79 Å². The van der Waals surface area contributed by atoms with Gasteiger partial charge in [0.05, 0.1) is 0 Å². The molecular weight excluding hydrogens is 320 g/mol. The van der Waals surface area contributed by atoms with Crippen LogP contribution in [-0.2, 0) is 11.2 Å². The molecule has 0 bridgehead atoms. The lowest BCUT2D eigenvalue weighted by Gasteiger charge is -2.32. The third-order valence-electron chi connectivity index (χ3n) is 6.32. The lowest BCUT2D eigenvalue weighted by Crippen LogP contribution is -2.47. The fourth-order valence-corrected chi connectivity index (χ4v) is 4.56. The van der Waals surface area contributed by atoms with E-state index in [1.54, 1.807) is 5.57 Å². The molecule has 1 aromatic carbocycles. The summed E-state index contributed by atoms with van der Waals surface area (Å²) in [6, 6.07) is 10.8. The van der Waals surface area contributed by atoms with Gasteiger partial charge in [-0.15, -0.1) is 0 Å². The van der Waals surface area contributed by atoms with Crippen LogP contribution in [0.5, 0.6) is 0 Å². The molecule has 3 heteroatoms. The maximum atomic E-state index is 12.9. The zero-order chi connectivity index (χ0) is 17.9. The molecule has 3 nitrogen and oxygen atoms in total. The van der Waals surface area contributed by atoms with E-state index in [4.69, 9.17) is 0 Å². The highest BCUT2D eigenvalue weighted by Crippen LogP contribution is 2.40. The van der Waals surface area contributed by atoms with Crippen LogP contribution >= 0.6 is 0 Å². The van der Waals surface area contributed by atoms with Crippen LogP contribution in [0.15, 0.2) is 53.1 Å². The molecule has 1 fully saturated rings. The van der Waals surface area contributed by atoms with Gasteiger partial charge in [0.1, 0.15) is 0 Å². The molecule has 1 heterocycles. The number of allylic oxidation sites excluding steroid dienone is 3. The number of aryl methyl sites for hydroxylation is 1. The second-order valence-corrected chi connectivity index (χ2v) is 8.20. The summed E-state index contributed by atoms with van der Waals surface area (Å²) in [5, 5.41) is 0. The highest BCUT2D eigenvalue weighted by molar-refractivity contribution is 5.95. The van der Waals surface area contributed by atoms with Crippen LogP contribution < -0.4 is 0 Å². The average molecular weight is 351 g/mol. The van der Waals surface area contributed by atoms with Gasteiger partial charge in [0, 0.05) is 31.8 Å². The van der Waals surface area contributed by atoms with Gasteiger partial charge in [-0.1, -0.05) is 42.0 Å². The van der Waals surface area contributed by atoms with Crippen LogP contribution in [0.4, 0.5) is 0 Å². The molecule has 1 amide bonds. The molecule has 0 N–H and O–H groups in total. The van der Waals surface area contributed by atoms with Crippen LogP contribution in [-0.4, -0.2) is 48.9 Å². The molecule has 2 aliphatic carbocycles. The minimum Gasteiger partial charge on any atom is -0.336 e. The summed E-state index contributed by atoms with van der Waals surface area (Å²) in [6.45, 7) is 3.73. The Labute approximate surface area is 157 Å². The number of hydrogen-bond donors (Lipinski definition) is 0. The molecular formula is C23H30N2O. The van der Waals surface area contributed by atoms with Gasteiger partial charge in [0.2, 0.25) is 5.91 Å². The number of hydrogen-bond acceptors (Lipinski definition) is 2. The van der Waals surface area contributed by atoms with Crippen molar-refractivity contribution in [2.45, 2.75) is 38.5 Å². The highest BCUT2D eigenvalue weighted by Gasteiger charge is 2.29. The third kappa shape index (κ3) is 3.93. The second kappa shape index (κ2) is 7.79. The van der Waals surface area contributed by atoms with E-state index >= 15 is 0 Å². The molecule has 0 radical (unpaired) electrons. The number of amides is 1. The van der Waals surface area contributed by atoms with Crippen LogP contribution in [0.1, 0.15) is 37.7 Å². The molecule has 0 aromatic heterocycles. The van der Waals surface area contributed by atoms with Gasteiger partial charge in [0.15, 0.2) is 0 Å². The van der Waals surface area contributed by atoms with E-state index in [1.165, 1.54) is 43.2 Å². The highest BCUT2D eigenvalue weighted by atomic mass is 16.2. The van der Waals surface area contributed by atoms with Crippen LogP contribution in [0.2, 0.25) is 0 Å². The molecule has 1 atom stereocenters. The van der Waals surface area contributed by atoms with Crippen molar-refractivity contribution in [3.05, 3.63) is 58.7 Å². The van der Waals surface area contributed by atoms with Gasteiger partial charge in [0.25, 0.3) is 0 Å². The first kappa shape index (κ1) is 17.5. The van der Waals surface area contributed by atoms with Crippen molar-refractivity contribution in [1.82, 2.24) is 9.80 Å². The number of nitrogens with zero attached hydrogens (tertiary/aromatic N) is 2. The molecule has 1 aliphatic heterocycles. The van der Waals surface area contributed by atoms with Crippen molar-refractivity contribution in [3.63, 3.8) is 0 Å². The monoisotopic (exact) mass is 350 g/mol. The largest absolute Gasteiger partial charge is 0.336 e. The van der Waals surface area contributed by atoms with Gasteiger partial charge >= 0.3 is 0 Å². The van der Waals surface area contributed by atoms with Crippen LogP contribution in [0.3, 0.4) is 0 Å². The molecule has 0 spiro atoms. The average Bonchev–Trinajstić information content (AvgIpc) is 3.10. The number of carbonyl (C=O) groups is 1. The van der Waals surface area contributed by atoms with E-state index < -0.39 is 0 Å². The van der Waals surface area contributed by atoms with E-state index in [1.807, 2.05) is 0 Å². The summed E-state index contributed by atoms with van der Waals surface area (Å²) in [7, 11) is 2.13. The lowest BCUT2D eigenvalue weighted by molar-refractivity contribution is -0.128. The van der Waals surface area contributed by atoms with Gasteiger partial charge in [-0.05, 0) is 62.6 Å². The fraction of sp³-hybridized carbons (Fsp3) is 0.522. The standard InChI is InChI=1S/C23H30N2O/c1-24-11-13-25(14-12-24)23(26)22-16-20-10-9-19(15-21(20)17-22)8-7-18-5-3-2-4-6-18/h2-6,17,19H,7-16H2,1H3. The Bertz CT molecular complexity index is 711.